The average molecular weight is 332 g/mol. The van der Waals surface area contributed by atoms with Crippen LogP contribution in [0.25, 0.3) is 0 Å². The SMILES string of the molecule is CCCCOc1ccc(C(=O)OCCOc2ccc(F)cc2)cc1. The Hall–Kier alpha value is -2.56. The predicted molar refractivity (Wildman–Crippen MR) is 89.0 cm³/mol. The molecule has 0 N–H and O–H groups in total. The molecule has 5 heteroatoms. The lowest BCUT2D eigenvalue weighted by Gasteiger charge is -2.08. The second-order valence-corrected chi connectivity index (χ2v) is 5.16. The van der Waals surface area contributed by atoms with E-state index in [0.717, 1.165) is 18.6 Å². The number of esters is 1. The largest absolute Gasteiger partial charge is 0.494 e. The van der Waals surface area contributed by atoms with Crippen molar-refractivity contribution in [1.82, 2.24) is 0 Å². The molecule has 2 aromatic rings. The maximum Gasteiger partial charge on any atom is 0.338 e. The molecule has 0 unspecified atom stereocenters. The van der Waals surface area contributed by atoms with Crippen LogP contribution < -0.4 is 9.47 Å². The van der Waals surface area contributed by atoms with Crippen LogP contribution >= 0.6 is 0 Å². The topological polar surface area (TPSA) is 44.8 Å². The van der Waals surface area contributed by atoms with Crippen molar-refractivity contribution in [2.45, 2.75) is 19.8 Å². The van der Waals surface area contributed by atoms with E-state index in [9.17, 15) is 9.18 Å². The molecule has 0 radical (unpaired) electrons. The van der Waals surface area contributed by atoms with Gasteiger partial charge >= 0.3 is 5.97 Å². The molecule has 0 bridgehead atoms. The summed E-state index contributed by atoms with van der Waals surface area (Å²) in [4.78, 5) is 11.9. The van der Waals surface area contributed by atoms with Gasteiger partial charge in [-0.15, -0.1) is 0 Å². The summed E-state index contributed by atoms with van der Waals surface area (Å²) < 4.78 is 28.8. The van der Waals surface area contributed by atoms with E-state index in [2.05, 4.69) is 6.92 Å². The number of hydrogen-bond donors (Lipinski definition) is 0. The maximum atomic E-state index is 12.7. The fraction of sp³-hybridized carbons (Fsp3) is 0.316. The molecule has 0 amide bonds. The summed E-state index contributed by atoms with van der Waals surface area (Å²) >= 11 is 0. The number of rotatable bonds is 9. The van der Waals surface area contributed by atoms with Crippen LogP contribution in [0.1, 0.15) is 30.1 Å². The molecule has 0 fully saturated rings. The first-order valence-electron chi connectivity index (χ1n) is 7.97. The second kappa shape index (κ2) is 9.55. The molecule has 0 aliphatic heterocycles. The zero-order chi connectivity index (χ0) is 17.2. The Labute approximate surface area is 141 Å². The van der Waals surface area contributed by atoms with E-state index in [1.165, 1.54) is 24.3 Å². The Morgan fingerprint density at radius 2 is 1.46 bits per heavy atom. The van der Waals surface area contributed by atoms with E-state index in [1.807, 2.05) is 0 Å². The van der Waals surface area contributed by atoms with Crippen molar-refractivity contribution in [2.24, 2.45) is 0 Å². The molecule has 0 saturated heterocycles. The lowest BCUT2D eigenvalue weighted by atomic mass is 10.2. The molecule has 0 spiro atoms. The number of benzene rings is 2. The number of halogens is 1. The average Bonchev–Trinajstić information content (AvgIpc) is 2.61. The van der Waals surface area contributed by atoms with Crippen LogP contribution in [0.4, 0.5) is 4.39 Å². The molecule has 2 aromatic carbocycles. The summed E-state index contributed by atoms with van der Waals surface area (Å²) in [5.74, 6) is 0.523. The smallest absolute Gasteiger partial charge is 0.338 e. The molecule has 0 aliphatic carbocycles. The van der Waals surface area contributed by atoms with E-state index in [0.29, 0.717) is 17.9 Å². The van der Waals surface area contributed by atoms with Gasteiger partial charge in [-0.25, -0.2) is 9.18 Å². The van der Waals surface area contributed by atoms with E-state index < -0.39 is 5.97 Å². The fourth-order valence-electron chi connectivity index (χ4n) is 1.93. The summed E-state index contributed by atoms with van der Waals surface area (Å²) in [6.45, 7) is 3.09. The molecular formula is C19H21FO4. The van der Waals surface area contributed by atoms with Crippen molar-refractivity contribution in [1.29, 1.82) is 0 Å². The van der Waals surface area contributed by atoms with Gasteiger partial charge in [-0.2, -0.15) is 0 Å². The van der Waals surface area contributed by atoms with Crippen molar-refractivity contribution in [3.05, 3.63) is 59.9 Å². The Balaban J connectivity index is 1.71. The molecule has 0 aromatic heterocycles. The number of unbranched alkanes of at least 4 members (excludes halogenated alkanes) is 1. The lowest BCUT2D eigenvalue weighted by molar-refractivity contribution is 0.0450. The molecule has 128 valence electrons. The van der Waals surface area contributed by atoms with Gasteiger partial charge in [-0.3, -0.25) is 0 Å². The summed E-state index contributed by atoms with van der Waals surface area (Å²) in [7, 11) is 0. The van der Waals surface area contributed by atoms with Crippen LogP contribution in [0, 0.1) is 5.82 Å². The van der Waals surface area contributed by atoms with Gasteiger partial charge in [0.1, 0.15) is 30.5 Å². The molecule has 4 nitrogen and oxygen atoms in total. The summed E-state index contributed by atoms with van der Waals surface area (Å²) in [5.41, 5.74) is 0.458. The van der Waals surface area contributed by atoms with Gasteiger partial charge in [-0.05, 0) is 55.0 Å². The van der Waals surface area contributed by atoms with Gasteiger partial charge in [0.2, 0.25) is 0 Å². The normalized spacial score (nSPS) is 10.2. The Kier molecular flexibility index (Phi) is 7.08. The fourth-order valence-corrected chi connectivity index (χ4v) is 1.93. The molecular weight excluding hydrogens is 311 g/mol. The predicted octanol–water partition coefficient (Wildman–Crippen LogP) is 4.24. The molecule has 0 heterocycles. The second-order valence-electron chi connectivity index (χ2n) is 5.16. The minimum absolute atomic E-state index is 0.116. The third kappa shape index (κ3) is 5.91. The first kappa shape index (κ1) is 17.8. The van der Waals surface area contributed by atoms with Crippen molar-refractivity contribution in [3.63, 3.8) is 0 Å². The monoisotopic (exact) mass is 332 g/mol. The molecule has 2 rings (SSSR count). The highest BCUT2D eigenvalue weighted by Crippen LogP contribution is 2.14. The Bertz CT molecular complexity index is 623. The van der Waals surface area contributed by atoms with Crippen LogP contribution in [0.2, 0.25) is 0 Å². The number of ether oxygens (including phenoxy) is 3. The highest BCUT2D eigenvalue weighted by molar-refractivity contribution is 5.89. The van der Waals surface area contributed by atoms with Crippen molar-refractivity contribution in [3.8, 4) is 11.5 Å². The summed E-state index contributed by atoms with van der Waals surface area (Å²) in [6.07, 6.45) is 2.07. The van der Waals surface area contributed by atoms with Crippen LogP contribution in [-0.4, -0.2) is 25.8 Å². The zero-order valence-corrected chi connectivity index (χ0v) is 13.7. The van der Waals surface area contributed by atoms with Crippen LogP contribution in [0.15, 0.2) is 48.5 Å². The Morgan fingerprint density at radius 1 is 0.875 bits per heavy atom. The van der Waals surface area contributed by atoms with Crippen molar-refractivity contribution in [2.75, 3.05) is 19.8 Å². The van der Waals surface area contributed by atoms with Gasteiger partial charge in [0.25, 0.3) is 0 Å². The molecule has 0 aliphatic rings. The van der Waals surface area contributed by atoms with E-state index >= 15 is 0 Å². The zero-order valence-electron chi connectivity index (χ0n) is 13.7. The standard InChI is InChI=1S/C19H21FO4/c1-2-3-12-22-17-8-4-15(5-9-17)19(21)24-14-13-23-18-10-6-16(20)7-11-18/h4-11H,2-3,12-14H2,1H3. The number of carbonyl (C=O) groups excluding carboxylic acids is 1. The van der Waals surface area contributed by atoms with Crippen LogP contribution in [0.5, 0.6) is 11.5 Å². The first-order chi connectivity index (χ1) is 11.7. The van der Waals surface area contributed by atoms with E-state index in [1.54, 1.807) is 24.3 Å². The molecule has 0 saturated carbocycles. The van der Waals surface area contributed by atoms with E-state index in [4.69, 9.17) is 14.2 Å². The van der Waals surface area contributed by atoms with Crippen molar-refractivity contribution >= 4 is 5.97 Å². The van der Waals surface area contributed by atoms with E-state index in [-0.39, 0.29) is 19.0 Å². The van der Waals surface area contributed by atoms with Gasteiger partial charge < -0.3 is 14.2 Å². The minimum atomic E-state index is -0.419. The first-order valence-corrected chi connectivity index (χ1v) is 7.97. The van der Waals surface area contributed by atoms with Crippen LogP contribution in [-0.2, 0) is 4.74 Å². The molecule has 0 atom stereocenters. The van der Waals surface area contributed by atoms with Crippen LogP contribution in [0.3, 0.4) is 0 Å². The number of hydrogen-bond acceptors (Lipinski definition) is 4. The van der Waals surface area contributed by atoms with Crippen molar-refractivity contribution < 1.29 is 23.4 Å². The van der Waals surface area contributed by atoms with Gasteiger partial charge in [-0.1, -0.05) is 13.3 Å². The number of carbonyl (C=O) groups is 1. The van der Waals surface area contributed by atoms with Gasteiger partial charge in [0.15, 0.2) is 0 Å². The summed E-state index contributed by atoms with van der Waals surface area (Å²) in [6, 6.07) is 12.5. The third-order valence-corrected chi connectivity index (χ3v) is 3.26. The highest BCUT2D eigenvalue weighted by Gasteiger charge is 2.07. The van der Waals surface area contributed by atoms with Gasteiger partial charge in [0.05, 0.1) is 12.2 Å². The van der Waals surface area contributed by atoms with Gasteiger partial charge in [0, 0.05) is 0 Å². The lowest BCUT2D eigenvalue weighted by Crippen LogP contribution is -2.12. The quantitative estimate of drug-likeness (QED) is 0.509. The summed E-state index contributed by atoms with van der Waals surface area (Å²) in [5, 5.41) is 0. The highest BCUT2D eigenvalue weighted by atomic mass is 19.1. The maximum absolute atomic E-state index is 12.7. The molecule has 24 heavy (non-hydrogen) atoms. The Morgan fingerprint density at radius 3 is 2.08 bits per heavy atom. The minimum Gasteiger partial charge on any atom is -0.494 e. The third-order valence-electron chi connectivity index (χ3n) is 3.26.